The molecule has 0 radical (unpaired) electrons. The van der Waals surface area contributed by atoms with Gasteiger partial charge >= 0.3 is 0 Å². The van der Waals surface area contributed by atoms with Gasteiger partial charge in [-0.2, -0.15) is 0 Å². The molecule has 1 aliphatic rings. The van der Waals surface area contributed by atoms with Crippen molar-refractivity contribution >= 4 is 5.69 Å². The Morgan fingerprint density at radius 2 is 2.27 bits per heavy atom. The molecule has 0 spiro atoms. The van der Waals surface area contributed by atoms with E-state index in [1.54, 1.807) is 5.56 Å². The molecule has 1 unspecified atom stereocenters. The molecule has 2 heteroatoms. The van der Waals surface area contributed by atoms with Gasteiger partial charge in [-0.15, -0.1) is 0 Å². The van der Waals surface area contributed by atoms with Gasteiger partial charge in [0.15, 0.2) is 0 Å². The molecule has 1 aliphatic heterocycles. The topological polar surface area (TPSA) is 15.3 Å². The van der Waals surface area contributed by atoms with Gasteiger partial charge in [0, 0.05) is 18.8 Å². The van der Waals surface area contributed by atoms with Crippen LogP contribution >= 0.6 is 0 Å². The quantitative estimate of drug-likeness (QED) is 0.809. The zero-order chi connectivity index (χ0) is 10.8. The minimum atomic E-state index is 0.675. The van der Waals surface area contributed by atoms with Gasteiger partial charge in [0.2, 0.25) is 0 Å². The number of anilines is 1. The molecule has 0 aliphatic carbocycles. The normalized spacial score (nSPS) is 19.4. The van der Waals surface area contributed by atoms with Crippen LogP contribution in [0.2, 0.25) is 0 Å². The molecule has 82 valence electrons. The Balaban J connectivity index is 2.18. The van der Waals surface area contributed by atoms with Gasteiger partial charge in [-0.1, -0.05) is 12.1 Å². The lowest BCUT2D eigenvalue weighted by atomic mass is 10.0. The minimum absolute atomic E-state index is 0.675. The number of nitrogens with one attached hydrogen (secondary N) is 1. The molecule has 0 saturated heterocycles. The standard InChI is InChI=1S/C13H20N2/c1-10-5-4-6-13-12(10)9-11(15(13)3)7-8-14-2/h4-6,11,14H,7-9H2,1-3H3. The second kappa shape index (κ2) is 4.23. The van der Waals surface area contributed by atoms with Crippen LogP contribution in [0.4, 0.5) is 5.69 Å². The van der Waals surface area contributed by atoms with Crippen molar-refractivity contribution in [3.05, 3.63) is 29.3 Å². The van der Waals surface area contributed by atoms with Gasteiger partial charge in [-0.05, 0) is 50.6 Å². The fourth-order valence-corrected chi connectivity index (χ4v) is 2.46. The van der Waals surface area contributed by atoms with Crippen LogP contribution in [0.1, 0.15) is 17.5 Å². The van der Waals surface area contributed by atoms with E-state index >= 15 is 0 Å². The first-order valence-electron chi connectivity index (χ1n) is 5.70. The summed E-state index contributed by atoms with van der Waals surface area (Å²) in [6.07, 6.45) is 2.43. The molecule has 1 heterocycles. The first-order chi connectivity index (χ1) is 7.24. The molecule has 0 amide bonds. The highest BCUT2D eigenvalue weighted by Gasteiger charge is 2.26. The summed E-state index contributed by atoms with van der Waals surface area (Å²) in [5.41, 5.74) is 4.41. The predicted octanol–water partition coefficient (Wildman–Crippen LogP) is 1.97. The van der Waals surface area contributed by atoms with Crippen LogP contribution < -0.4 is 10.2 Å². The van der Waals surface area contributed by atoms with Gasteiger partial charge in [0.25, 0.3) is 0 Å². The average molecular weight is 204 g/mol. The Morgan fingerprint density at radius 1 is 1.47 bits per heavy atom. The van der Waals surface area contributed by atoms with Crippen LogP contribution in [-0.2, 0) is 6.42 Å². The van der Waals surface area contributed by atoms with Crippen LogP contribution in [0.3, 0.4) is 0 Å². The SMILES string of the molecule is CNCCC1Cc2c(C)cccc2N1C. The summed E-state index contributed by atoms with van der Waals surface area (Å²) in [4.78, 5) is 2.43. The van der Waals surface area contributed by atoms with E-state index in [0.717, 1.165) is 6.54 Å². The van der Waals surface area contributed by atoms with Crippen LogP contribution in [0.15, 0.2) is 18.2 Å². The van der Waals surface area contributed by atoms with Crippen molar-refractivity contribution in [2.75, 3.05) is 25.5 Å². The molecule has 15 heavy (non-hydrogen) atoms. The molecule has 0 bridgehead atoms. The fourth-order valence-electron chi connectivity index (χ4n) is 2.46. The molecule has 1 N–H and O–H groups in total. The number of fused-ring (bicyclic) bond motifs is 1. The number of aryl methyl sites for hydroxylation is 1. The monoisotopic (exact) mass is 204 g/mol. The molecule has 2 rings (SSSR count). The lowest BCUT2D eigenvalue weighted by molar-refractivity contribution is 0.583. The highest BCUT2D eigenvalue weighted by Crippen LogP contribution is 2.33. The number of benzene rings is 1. The first-order valence-corrected chi connectivity index (χ1v) is 5.70. The van der Waals surface area contributed by atoms with Crippen molar-refractivity contribution < 1.29 is 0 Å². The maximum atomic E-state index is 3.23. The van der Waals surface area contributed by atoms with E-state index in [9.17, 15) is 0 Å². The maximum absolute atomic E-state index is 3.23. The number of hydrogen-bond acceptors (Lipinski definition) is 2. The second-order valence-electron chi connectivity index (χ2n) is 4.43. The summed E-state index contributed by atoms with van der Waals surface area (Å²) in [5.74, 6) is 0. The molecule has 2 nitrogen and oxygen atoms in total. The third kappa shape index (κ3) is 1.86. The van der Waals surface area contributed by atoms with E-state index in [0.29, 0.717) is 6.04 Å². The second-order valence-corrected chi connectivity index (χ2v) is 4.43. The van der Waals surface area contributed by atoms with Gasteiger partial charge in [-0.3, -0.25) is 0 Å². The molecular formula is C13H20N2. The van der Waals surface area contributed by atoms with Gasteiger partial charge in [0.1, 0.15) is 0 Å². The average Bonchev–Trinajstić information content (AvgIpc) is 2.55. The Morgan fingerprint density at radius 3 is 2.93 bits per heavy atom. The lowest BCUT2D eigenvalue weighted by Crippen LogP contribution is -2.30. The van der Waals surface area contributed by atoms with Crippen molar-refractivity contribution in [2.24, 2.45) is 0 Å². The van der Waals surface area contributed by atoms with E-state index in [1.807, 2.05) is 7.05 Å². The third-order valence-electron chi connectivity index (χ3n) is 3.48. The van der Waals surface area contributed by atoms with Gasteiger partial charge in [-0.25, -0.2) is 0 Å². The third-order valence-corrected chi connectivity index (χ3v) is 3.48. The van der Waals surface area contributed by atoms with Crippen LogP contribution in [-0.4, -0.2) is 26.7 Å². The molecule has 0 aromatic heterocycles. The summed E-state index contributed by atoms with van der Waals surface area (Å²) in [7, 11) is 4.24. The smallest absolute Gasteiger partial charge is 0.0402 e. The number of rotatable bonds is 3. The van der Waals surface area contributed by atoms with Crippen LogP contribution in [0, 0.1) is 6.92 Å². The van der Waals surface area contributed by atoms with Crippen molar-refractivity contribution in [3.8, 4) is 0 Å². The van der Waals surface area contributed by atoms with E-state index in [1.165, 1.54) is 24.1 Å². The van der Waals surface area contributed by atoms with Crippen molar-refractivity contribution in [3.63, 3.8) is 0 Å². The Labute approximate surface area is 92.3 Å². The number of likely N-dealkylation sites (N-methyl/N-ethyl adjacent to an activating group) is 1. The maximum Gasteiger partial charge on any atom is 0.0402 e. The van der Waals surface area contributed by atoms with Crippen molar-refractivity contribution in [1.82, 2.24) is 5.32 Å². The van der Waals surface area contributed by atoms with E-state index in [2.05, 4.69) is 42.4 Å². The summed E-state index contributed by atoms with van der Waals surface area (Å²) in [6.45, 7) is 3.31. The Hall–Kier alpha value is -1.02. The number of nitrogens with zero attached hydrogens (tertiary/aromatic N) is 1. The summed E-state index contributed by atoms with van der Waals surface area (Å²) < 4.78 is 0. The van der Waals surface area contributed by atoms with Crippen molar-refractivity contribution in [2.45, 2.75) is 25.8 Å². The molecule has 1 aromatic rings. The Kier molecular flexibility index (Phi) is 2.96. The Bertz CT molecular complexity index is 346. The van der Waals surface area contributed by atoms with Crippen LogP contribution in [0.25, 0.3) is 0 Å². The van der Waals surface area contributed by atoms with E-state index < -0.39 is 0 Å². The lowest BCUT2D eigenvalue weighted by Gasteiger charge is -2.22. The number of hydrogen-bond donors (Lipinski definition) is 1. The molecular weight excluding hydrogens is 184 g/mol. The molecule has 1 atom stereocenters. The van der Waals surface area contributed by atoms with E-state index in [-0.39, 0.29) is 0 Å². The summed E-state index contributed by atoms with van der Waals surface area (Å²) in [6, 6.07) is 7.29. The highest BCUT2D eigenvalue weighted by atomic mass is 15.2. The zero-order valence-electron chi connectivity index (χ0n) is 9.88. The summed E-state index contributed by atoms with van der Waals surface area (Å²) >= 11 is 0. The molecule has 0 saturated carbocycles. The summed E-state index contributed by atoms with van der Waals surface area (Å²) in [5, 5.41) is 3.23. The highest BCUT2D eigenvalue weighted by molar-refractivity contribution is 5.61. The van der Waals surface area contributed by atoms with E-state index in [4.69, 9.17) is 0 Å². The van der Waals surface area contributed by atoms with Gasteiger partial charge < -0.3 is 10.2 Å². The van der Waals surface area contributed by atoms with Gasteiger partial charge in [0.05, 0.1) is 0 Å². The molecule has 0 fully saturated rings. The largest absolute Gasteiger partial charge is 0.371 e. The predicted molar refractivity (Wildman–Crippen MR) is 65.6 cm³/mol. The molecule has 1 aromatic carbocycles. The fraction of sp³-hybridized carbons (Fsp3) is 0.538. The van der Waals surface area contributed by atoms with Crippen molar-refractivity contribution in [1.29, 1.82) is 0 Å². The minimum Gasteiger partial charge on any atom is -0.371 e. The van der Waals surface area contributed by atoms with Crippen LogP contribution in [0.5, 0.6) is 0 Å². The first kappa shape index (κ1) is 10.5. The zero-order valence-corrected chi connectivity index (χ0v) is 9.88.